The van der Waals surface area contributed by atoms with Crippen molar-refractivity contribution in [1.82, 2.24) is 0 Å². The summed E-state index contributed by atoms with van der Waals surface area (Å²) in [4.78, 5) is 0. The molecule has 3 aliphatic heterocycles. The Labute approximate surface area is 267 Å². The van der Waals surface area contributed by atoms with Gasteiger partial charge in [0.05, 0.1) is 19.8 Å². The monoisotopic (exact) mass is 616 g/mol. The summed E-state index contributed by atoms with van der Waals surface area (Å²) in [5.41, 5.74) is 3.59. The highest BCUT2D eigenvalue weighted by atomic mass is 16.6. The van der Waals surface area contributed by atoms with Crippen molar-refractivity contribution in [2.45, 2.75) is 37.6 Å². The molecule has 3 heterocycles. The van der Waals surface area contributed by atoms with Crippen molar-refractivity contribution in [3.05, 3.63) is 108 Å². The fourth-order valence-electron chi connectivity index (χ4n) is 6.43. The Kier molecular flexibility index (Phi) is 7.18. The van der Waals surface area contributed by atoms with Gasteiger partial charge in [0.2, 0.25) is 0 Å². The molecule has 7 heteroatoms. The summed E-state index contributed by atoms with van der Waals surface area (Å²) in [5.74, 6) is 4.80. The molecule has 4 aromatic carbocycles. The van der Waals surface area contributed by atoms with Gasteiger partial charge in [-0.05, 0) is 106 Å². The van der Waals surface area contributed by atoms with Crippen molar-refractivity contribution in [3.63, 3.8) is 0 Å². The standard InChI is InChI=1S/C39H36O7/c1-2-27(13-28-14-30(8-3-24(1)28)40-18-34-20-42-34)39-37-17-33(11-6-26(37)7-12-38(39)45-23-36-22-44-36)46-32-10-5-25-4-9-31(15-29(25)16-32)41-19-35-21-43-35/h1-5,8-11,13-17,26,34-36H,6-7,12,18-23H2. The van der Waals surface area contributed by atoms with Crippen LogP contribution in [-0.2, 0) is 18.9 Å². The normalized spacial score (nSPS) is 24.6. The van der Waals surface area contributed by atoms with E-state index in [1.165, 1.54) is 16.5 Å². The fourth-order valence-corrected chi connectivity index (χ4v) is 6.43. The molecule has 234 valence electrons. The Morgan fingerprint density at radius 2 is 1.17 bits per heavy atom. The van der Waals surface area contributed by atoms with Crippen molar-refractivity contribution < 1.29 is 33.2 Å². The van der Waals surface area contributed by atoms with Crippen molar-refractivity contribution >= 4 is 27.1 Å². The van der Waals surface area contributed by atoms with Gasteiger partial charge in [-0.1, -0.05) is 30.3 Å². The molecule has 9 rings (SSSR count). The van der Waals surface area contributed by atoms with Crippen molar-refractivity contribution in [2.75, 3.05) is 39.6 Å². The smallest absolute Gasteiger partial charge is 0.128 e. The Hall–Kier alpha value is -4.30. The summed E-state index contributed by atoms with van der Waals surface area (Å²) in [7, 11) is 0. The molecule has 2 aliphatic carbocycles. The summed E-state index contributed by atoms with van der Waals surface area (Å²) >= 11 is 0. The number of benzene rings is 4. The first-order chi connectivity index (χ1) is 22.7. The SMILES string of the molecule is C1=C(Oc2ccc3ccc(OCC4CO4)cc3c2)C=C2C(c3ccc4ccc(OCC5CO5)cc4c3)=C(OCC3CO3)CCC2C1. The third-order valence-corrected chi connectivity index (χ3v) is 9.27. The molecule has 0 aromatic heterocycles. The average molecular weight is 617 g/mol. The fraction of sp³-hybridized carbons (Fsp3) is 0.333. The highest BCUT2D eigenvalue weighted by Crippen LogP contribution is 2.46. The summed E-state index contributed by atoms with van der Waals surface area (Å²) < 4.78 is 41.0. The average Bonchev–Trinajstić information content (AvgIpc) is 3.93. The van der Waals surface area contributed by atoms with E-state index in [1.807, 2.05) is 18.2 Å². The van der Waals surface area contributed by atoms with Gasteiger partial charge < -0.3 is 33.2 Å². The maximum atomic E-state index is 6.54. The minimum atomic E-state index is 0.193. The second-order valence-electron chi connectivity index (χ2n) is 12.8. The number of rotatable bonds is 12. The summed E-state index contributed by atoms with van der Waals surface area (Å²) in [5, 5.41) is 4.53. The van der Waals surface area contributed by atoms with Gasteiger partial charge in [0, 0.05) is 12.0 Å². The molecule has 4 atom stereocenters. The number of ether oxygens (including phenoxy) is 7. The van der Waals surface area contributed by atoms with Gasteiger partial charge in [0.15, 0.2) is 0 Å². The van der Waals surface area contributed by atoms with Crippen LogP contribution < -0.4 is 14.2 Å². The van der Waals surface area contributed by atoms with E-state index in [0.29, 0.717) is 25.7 Å². The van der Waals surface area contributed by atoms with Crippen LogP contribution in [0.5, 0.6) is 17.2 Å². The van der Waals surface area contributed by atoms with Crippen molar-refractivity contribution in [2.24, 2.45) is 5.92 Å². The first-order valence-corrected chi connectivity index (χ1v) is 16.3. The third-order valence-electron chi connectivity index (χ3n) is 9.27. The molecule has 0 saturated carbocycles. The second-order valence-corrected chi connectivity index (χ2v) is 12.8. The van der Waals surface area contributed by atoms with Gasteiger partial charge in [-0.3, -0.25) is 0 Å². The van der Waals surface area contributed by atoms with Gasteiger partial charge in [-0.15, -0.1) is 0 Å². The van der Waals surface area contributed by atoms with Crippen LogP contribution in [0.25, 0.3) is 27.1 Å². The van der Waals surface area contributed by atoms with Crippen LogP contribution in [0.3, 0.4) is 0 Å². The molecular weight excluding hydrogens is 580 g/mol. The number of epoxide rings is 3. The molecular formula is C39H36O7. The van der Waals surface area contributed by atoms with Crippen LogP contribution in [0.15, 0.2) is 102 Å². The summed E-state index contributed by atoms with van der Waals surface area (Å²) in [6.45, 7) is 4.09. The molecule has 3 fully saturated rings. The van der Waals surface area contributed by atoms with Crippen LogP contribution >= 0.6 is 0 Å². The number of hydrogen-bond donors (Lipinski definition) is 0. The molecule has 4 aromatic rings. The molecule has 0 spiro atoms. The van der Waals surface area contributed by atoms with Gasteiger partial charge in [0.25, 0.3) is 0 Å². The van der Waals surface area contributed by atoms with Crippen LogP contribution in [0.1, 0.15) is 24.8 Å². The van der Waals surface area contributed by atoms with E-state index in [0.717, 1.165) is 89.6 Å². The summed E-state index contributed by atoms with van der Waals surface area (Å²) in [6, 6.07) is 25.3. The second kappa shape index (κ2) is 11.8. The van der Waals surface area contributed by atoms with Gasteiger partial charge >= 0.3 is 0 Å². The van der Waals surface area contributed by atoms with Gasteiger partial charge in [0.1, 0.15) is 66.9 Å². The zero-order valence-corrected chi connectivity index (χ0v) is 25.6. The molecule has 0 radical (unpaired) electrons. The van der Waals surface area contributed by atoms with Gasteiger partial charge in [-0.25, -0.2) is 0 Å². The lowest BCUT2D eigenvalue weighted by atomic mass is 9.75. The molecule has 7 nitrogen and oxygen atoms in total. The lowest BCUT2D eigenvalue weighted by Crippen LogP contribution is -2.19. The molecule has 4 unspecified atom stereocenters. The molecule has 3 saturated heterocycles. The summed E-state index contributed by atoms with van der Waals surface area (Å²) in [6.07, 6.45) is 7.95. The third kappa shape index (κ3) is 6.23. The quantitative estimate of drug-likeness (QED) is 0.154. The zero-order valence-electron chi connectivity index (χ0n) is 25.6. The number of hydrogen-bond acceptors (Lipinski definition) is 7. The highest BCUT2D eigenvalue weighted by Gasteiger charge is 2.32. The van der Waals surface area contributed by atoms with E-state index >= 15 is 0 Å². The molecule has 0 N–H and O–H groups in total. The molecule has 0 amide bonds. The first kappa shape index (κ1) is 28.0. The van der Waals surface area contributed by atoms with Crippen LogP contribution in [0.4, 0.5) is 0 Å². The van der Waals surface area contributed by atoms with Crippen molar-refractivity contribution in [3.8, 4) is 17.2 Å². The van der Waals surface area contributed by atoms with Gasteiger partial charge in [-0.2, -0.15) is 0 Å². The Balaban J connectivity index is 1.02. The predicted octanol–water partition coefficient (Wildman–Crippen LogP) is 7.38. The zero-order chi connectivity index (χ0) is 30.5. The van der Waals surface area contributed by atoms with Crippen LogP contribution in [0, 0.1) is 5.92 Å². The van der Waals surface area contributed by atoms with Crippen molar-refractivity contribution in [1.29, 1.82) is 0 Å². The first-order valence-electron chi connectivity index (χ1n) is 16.3. The van der Waals surface area contributed by atoms with Crippen LogP contribution in [-0.4, -0.2) is 58.0 Å². The Morgan fingerprint density at radius 1 is 0.609 bits per heavy atom. The Morgan fingerprint density at radius 3 is 1.83 bits per heavy atom. The number of fused-ring (bicyclic) bond motifs is 3. The maximum Gasteiger partial charge on any atom is 0.128 e. The van der Waals surface area contributed by atoms with E-state index in [9.17, 15) is 0 Å². The minimum absolute atomic E-state index is 0.193. The Bertz CT molecular complexity index is 1890. The van der Waals surface area contributed by atoms with E-state index in [4.69, 9.17) is 33.2 Å². The minimum Gasteiger partial charge on any atom is -0.494 e. The molecule has 5 aliphatic rings. The van der Waals surface area contributed by atoms with E-state index < -0.39 is 0 Å². The van der Waals surface area contributed by atoms with E-state index in [2.05, 4.69) is 66.7 Å². The molecule has 46 heavy (non-hydrogen) atoms. The molecule has 0 bridgehead atoms. The topological polar surface area (TPSA) is 74.5 Å². The predicted molar refractivity (Wildman–Crippen MR) is 175 cm³/mol. The highest BCUT2D eigenvalue weighted by molar-refractivity contribution is 5.91. The lowest BCUT2D eigenvalue weighted by Gasteiger charge is -2.32. The maximum absolute atomic E-state index is 6.54. The lowest BCUT2D eigenvalue weighted by molar-refractivity contribution is 0.171. The van der Waals surface area contributed by atoms with E-state index in [-0.39, 0.29) is 18.3 Å². The largest absolute Gasteiger partial charge is 0.494 e. The van der Waals surface area contributed by atoms with E-state index in [1.54, 1.807) is 0 Å². The van der Waals surface area contributed by atoms with Crippen LogP contribution in [0.2, 0.25) is 0 Å². The number of allylic oxidation sites excluding steroid dienone is 5.